The molecule has 0 aromatic heterocycles. The Bertz CT molecular complexity index is 709. The average molecular weight is 322 g/mol. The Morgan fingerprint density at radius 1 is 0.875 bits per heavy atom. The Balaban J connectivity index is 1.50. The van der Waals surface area contributed by atoms with Crippen molar-refractivity contribution in [3.63, 3.8) is 0 Å². The van der Waals surface area contributed by atoms with Crippen LogP contribution in [0.1, 0.15) is 12.8 Å². The topological polar surface area (TPSA) is 32.8 Å². The van der Waals surface area contributed by atoms with Gasteiger partial charge in [0.1, 0.15) is 5.75 Å². The Kier molecular flexibility index (Phi) is 4.22. The van der Waals surface area contributed by atoms with Crippen LogP contribution in [0, 0.1) is 0 Å². The first-order valence-electron chi connectivity index (χ1n) is 8.66. The van der Waals surface area contributed by atoms with E-state index in [4.69, 9.17) is 4.74 Å². The monoisotopic (exact) mass is 322 g/mol. The average Bonchev–Trinajstić information content (AvgIpc) is 2.97. The lowest BCUT2D eigenvalue weighted by Crippen LogP contribution is -2.43. The largest absolute Gasteiger partial charge is 0.415 e. The van der Waals surface area contributed by atoms with Crippen LogP contribution in [0.5, 0.6) is 5.75 Å². The Morgan fingerprint density at radius 2 is 1.62 bits per heavy atom. The molecule has 3 saturated heterocycles. The first-order valence-corrected chi connectivity index (χ1v) is 8.66. The Hall–Kier alpha value is -2.33. The number of nitrogens with zero attached hydrogens (tertiary/aromatic N) is 2. The minimum absolute atomic E-state index is 0.214. The van der Waals surface area contributed by atoms with Crippen LogP contribution in [-0.4, -0.2) is 48.1 Å². The van der Waals surface area contributed by atoms with Crippen molar-refractivity contribution in [3.8, 4) is 16.9 Å². The highest BCUT2D eigenvalue weighted by Gasteiger charge is 2.32. The predicted molar refractivity (Wildman–Crippen MR) is 94.1 cm³/mol. The molecular weight excluding hydrogens is 300 g/mol. The molecular formula is C20H22N2O2. The number of ether oxygens (including phenoxy) is 1. The van der Waals surface area contributed by atoms with E-state index in [0.717, 1.165) is 50.1 Å². The number of carbonyl (C=O) groups is 1. The Labute approximate surface area is 142 Å². The third-order valence-corrected chi connectivity index (χ3v) is 5.04. The van der Waals surface area contributed by atoms with Crippen molar-refractivity contribution >= 4 is 6.09 Å². The molecule has 0 radical (unpaired) electrons. The van der Waals surface area contributed by atoms with Gasteiger partial charge in [-0.1, -0.05) is 42.5 Å². The number of carbonyl (C=O) groups excluding carboxylic acids is 1. The summed E-state index contributed by atoms with van der Waals surface area (Å²) in [5.41, 5.74) is 2.18. The molecule has 3 heterocycles. The van der Waals surface area contributed by atoms with Crippen molar-refractivity contribution in [3.05, 3.63) is 54.6 Å². The van der Waals surface area contributed by atoms with Crippen LogP contribution in [0.15, 0.2) is 54.6 Å². The molecule has 0 atom stereocenters. The van der Waals surface area contributed by atoms with Crippen LogP contribution in [0.2, 0.25) is 0 Å². The fraction of sp³-hybridized carbons (Fsp3) is 0.350. The lowest BCUT2D eigenvalue weighted by Gasteiger charge is -2.30. The first-order chi connectivity index (χ1) is 11.8. The molecule has 1 amide bonds. The highest BCUT2D eigenvalue weighted by molar-refractivity contribution is 5.73. The quantitative estimate of drug-likeness (QED) is 0.846. The molecule has 0 N–H and O–H groups in total. The van der Waals surface area contributed by atoms with Gasteiger partial charge >= 0.3 is 6.09 Å². The van der Waals surface area contributed by atoms with Gasteiger partial charge < -0.3 is 14.5 Å². The number of benzene rings is 2. The first kappa shape index (κ1) is 15.2. The molecule has 24 heavy (non-hydrogen) atoms. The van der Waals surface area contributed by atoms with Crippen LogP contribution < -0.4 is 4.74 Å². The SMILES string of the molecule is O=C(Oc1cccc(-c2ccccc2)c1)N1CCN2CCC1CC2. The van der Waals surface area contributed by atoms with Gasteiger partial charge in [-0.15, -0.1) is 0 Å². The molecule has 2 aromatic rings. The minimum Gasteiger partial charge on any atom is -0.410 e. The van der Waals surface area contributed by atoms with Gasteiger partial charge in [-0.05, 0) is 36.1 Å². The lowest BCUT2D eigenvalue weighted by molar-refractivity contribution is 0.131. The third-order valence-electron chi connectivity index (χ3n) is 5.04. The fourth-order valence-corrected chi connectivity index (χ4v) is 3.66. The maximum atomic E-state index is 12.6. The summed E-state index contributed by atoms with van der Waals surface area (Å²) in [4.78, 5) is 17.0. The molecule has 0 spiro atoms. The molecule has 4 nitrogen and oxygen atoms in total. The molecule has 3 fully saturated rings. The second-order valence-electron chi connectivity index (χ2n) is 6.53. The number of hydrogen-bond donors (Lipinski definition) is 0. The summed E-state index contributed by atoms with van der Waals surface area (Å²) in [6, 6.07) is 18.2. The molecule has 2 bridgehead atoms. The standard InChI is InChI=1S/C20H22N2O2/c23-20(22-14-13-21-11-9-18(22)10-12-21)24-19-8-4-7-17(15-19)16-5-2-1-3-6-16/h1-8,15,18H,9-14H2. The van der Waals surface area contributed by atoms with Crippen LogP contribution in [0.25, 0.3) is 11.1 Å². The van der Waals surface area contributed by atoms with Gasteiger partial charge in [0, 0.05) is 32.2 Å². The van der Waals surface area contributed by atoms with Gasteiger partial charge in [-0.3, -0.25) is 0 Å². The smallest absolute Gasteiger partial charge is 0.410 e. The number of hydrogen-bond acceptors (Lipinski definition) is 3. The van der Waals surface area contributed by atoms with Crippen LogP contribution in [-0.2, 0) is 0 Å². The molecule has 0 aliphatic carbocycles. The maximum absolute atomic E-state index is 12.6. The number of fused-ring (bicyclic) bond motifs is 4. The zero-order valence-corrected chi connectivity index (χ0v) is 13.7. The summed E-state index contributed by atoms with van der Waals surface area (Å²) < 4.78 is 5.69. The summed E-state index contributed by atoms with van der Waals surface area (Å²) in [6.45, 7) is 3.91. The maximum Gasteiger partial charge on any atom is 0.415 e. The molecule has 124 valence electrons. The highest BCUT2D eigenvalue weighted by Crippen LogP contribution is 2.26. The summed E-state index contributed by atoms with van der Waals surface area (Å²) >= 11 is 0. The number of amides is 1. The second-order valence-corrected chi connectivity index (χ2v) is 6.53. The van der Waals surface area contributed by atoms with Crippen molar-refractivity contribution in [2.75, 3.05) is 26.2 Å². The number of rotatable bonds is 2. The van der Waals surface area contributed by atoms with E-state index in [9.17, 15) is 4.79 Å². The minimum atomic E-state index is -0.214. The normalized spacial score (nSPS) is 22.9. The van der Waals surface area contributed by atoms with E-state index in [2.05, 4.69) is 17.0 Å². The summed E-state index contributed by atoms with van der Waals surface area (Å²) in [5, 5.41) is 0. The molecule has 4 heteroatoms. The molecule has 5 rings (SSSR count). The summed E-state index contributed by atoms with van der Waals surface area (Å²) in [6.07, 6.45) is 1.90. The van der Waals surface area contributed by atoms with Crippen LogP contribution >= 0.6 is 0 Å². The van der Waals surface area contributed by atoms with E-state index in [1.807, 2.05) is 47.4 Å². The van der Waals surface area contributed by atoms with E-state index < -0.39 is 0 Å². The van der Waals surface area contributed by atoms with Crippen LogP contribution in [0.3, 0.4) is 0 Å². The van der Waals surface area contributed by atoms with E-state index in [-0.39, 0.29) is 6.09 Å². The summed E-state index contributed by atoms with van der Waals surface area (Å²) in [7, 11) is 0. The lowest BCUT2D eigenvalue weighted by atomic mass is 10.1. The van der Waals surface area contributed by atoms with Crippen LogP contribution in [0.4, 0.5) is 4.79 Å². The van der Waals surface area contributed by atoms with Crippen molar-refractivity contribution < 1.29 is 9.53 Å². The van der Waals surface area contributed by atoms with Crippen molar-refractivity contribution in [2.45, 2.75) is 18.9 Å². The van der Waals surface area contributed by atoms with E-state index in [1.165, 1.54) is 0 Å². The molecule has 0 unspecified atom stereocenters. The van der Waals surface area contributed by atoms with Gasteiger partial charge in [0.05, 0.1) is 0 Å². The Morgan fingerprint density at radius 3 is 2.42 bits per heavy atom. The van der Waals surface area contributed by atoms with Gasteiger partial charge in [0.2, 0.25) is 0 Å². The third kappa shape index (κ3) is 3.15. The fourth-order valence-electron chi connectivity index (χ4n) is 3.66. The summed E-state index contributed by atoms with van der Waals surface area (Å²) in [5.74, 6) is 0.612. The van der Waals surface area contributed by atoms with E-state index in [0.29, 0.717) is 11.8 Å². The number of piperidine rings is 1. The van der Waals surface area contributed by atoms with Gasteiger partial charge in [-0.25, -0.2) is 4.79 Å². The van der Waals surface area contributed by atoms with Gasteiger partial charge in [-0.2, -0.15) is 0 Å². The molecule has 0 saturated carbocycles. The second kappa shape index (κ2) is 6.65. The van der Waals surface area contributed by atoms with Crippen molar-refractivity contribution in [1.82, 2.24) is 9.80 Å². The highest BCUT2D eigenvalue weighted by atomic mass is 16.6. The zero-order chi connectivity index (χ0) is 16.4. The van der Waals surface area contributed by atoms with Gasteiger partial charge in [0.15, 0.2) is 0 Å². The van der Waals surface area contributed by atoms with E-state index >= 15 is 0 Å². The van der Waals surface area contributed by atoms with E-state index in [1.54, 1.807) is 0 Å². The molecule has 3 aliphatic heterocycles. The van der Waals surface area contributed by atoms with Crippen molar-refractivity contribution in [2.24, 2.45) is 0 Å². The molecule has 3 aliphatic rings. The van der Waals surface area contributed by atoms with Crippen molar-refractivity contribution in [1.29, 1.82) is 0 Å². The molecule has 2 aromatic carbocycles. The zero-order valence-electron chi connectivity index (χ0n) is 13.7. The predicted octanol–water partition coefficient (Wildman–Crippen LogP) is 3.63. The van der Waals surface area contributed by atoms with Gasteiger partial charge in [0.25, 0.3) is 0 Å².